The van der Waals surface area contributed by atoms with Crippen LogP contribution in [0.2, 0.25) is 5.15 Å². The molecule has 2 rings (SSSR count). The van der Waals surface area contributed by atoms with Crippen LogP contribution in [0.15, 0.2) is 0 Å². The molecule has 1 aromatic heterocycles. The SMILES string of the molecule is Cc1nn(C)c(Cl)c1CC(N)C1CCCC1C. The fourth-order valence-electron chi connectivity index (χ4n) is 3.10. The van der Waals surface area contributed by atoms with Gasteiger partial charge in [-0.2, -0.15) is 5.10 Å². The Hall–Kier alpha value is -0.540. The summed E-state index contributed by atoms with van der Waals surface area (Å²) in [5, 5.41) is 5.08. The van der Waals surface area contributed by atoms with Gasteiger partial charge in [-0.15, -0.1) is 0 Å². The zero-order valence-electron chi connectivity index (χ0n) is 10.9. The molecule has 1 saturated carbocycles. The molecule has 4 heteroatoms. The van der Waals surface area contributed by atoms with Gasteiger partial charge in [-0.05, 0) is 31.6 Å². The lowest BCUT2D eigenvalue weighted by Crippen LogP contribution is -2.33. The first-order valence-electron chi connectivity index (χ1n) is 6.44. The van der Waals surface area contributed by atoms with Gasteiger partial charge in [0.2, 0.25) is 0 Å². The summed E-state index contributed by atoms with van der Waals surface area (Å²) in [7, 11) is 1.88. The van der Waals surface area contributed by atoms with Crippen molar-refractivity contribution in [2.75, 3.05) is 0 Å². The van der Waals surface area contributed by atoms with Gasteiger partial charge in [0.25, 0.3) is 0 Å². The minimum absolute atomic E-state index is 0.216. The van der Waals surface area contributed by atoms with Gasteiger partial charge in [0.15, 0.2) is 0 Å². The van der Waals surface area contributed by atoms with E-state index in [2.05, 4.69) is 12.0 Å². The molecule has 17 heavy (non-hydrogen) atoms. The van der Waals surface area contributed by atoms with Crippen molar-refractivity contribution in [3.05, 3.63) is 16.4 Å². The highest BCUT2D eigenvalue weighted by Crippen LogP contribution is 2.34. The van der Waals surface area contributed by atoms with Crippen molar-refractivity contribution in [3.63, 3.8) is 0 Å². The fourth-order valence-corrected chi connectivity index (χ4v) is 3.35. The molecule has 0 amide bonds. The molecule has 1 aliphatic carbocycles. The largest absolute Gasteiger partial charge is 0.327 e. The normalized spacial score (nSPS) is 26.4. The second kappa shape index (κ2) is 4.99. The summed E-state index contributed by atoms with van der Waals surface area (Å²) in [4.78, 5) is 0. The molecule has 3 unspecified atom stereocenters. The number of rotatable bonds is 3. The summed E-state index contributed by atoms with van der Waals surface area (Å²) in [6, 6.07) is 0.216. The number of hydrogen-bond donors (Lipinski definition) is 1. The maximum absolute atomic E-state index is 6.35. The van der Waals surface area contributed by atoms with E-state index < -0.39 is 0 Å². The van der Waals surface area contributed by atoms with Crippen LogP contribution in [0.25, 0.3) is 0 Å². The van der Waals surface area contributed by atoms with Crippen molar-refractivity contribution >= 4 is 11.6 Å². The van der Waals surface area contributed by atoms with Crippen molar-refractivity contribution in [2.24, 2.45) is 24.6 Å². The summed E-state index contributed by atoms with van der Waals surface area (Å²) in [6.07, 6.45) is 4.75. The fraction of sp³-hybridized carbons (Fsp3) is 0.769. The van der Waals surface area contributed by atoms with Crippen LogP contribution in [0.5, 0.6) is 0 Å². The van der Waals surface area contributed by atoms with E-state index in [-0.39, 0.29) is 6.04 Å². The van der Waals surface area contributed by atoms with Gasteiger partial charge < -0.3 is 5.73 Å². The van der Waals surface area contributed by atoms with Gasteiger partial charge in [0, 0.05) is 18.7 Å². The van der Waals surface area contributed by atoms with Gasteiger partial charge in [0.05, 0.1) is 5.69 Å². The Morgan fingerprint density at radius 2 is 2.24 bits per heavy atom. The van der Waals surface area contributed by atoms with Crippen LogP contribution in [-0.4, -0.2) is 15.8 Å². The molecule has 0 bridgehead atoms. The van der Waals surface area contributed by atoms with E-state index >= 15 is 0 Å². The zero-order valence-corrected chi connectivity index (χ0v) is 11.7. The minimum atomic E-state index is 0.216. The molecule has 3 atom stereocenters. The minimum Gasteiger partial charge on any atom is -0.327 e. The van der Waals surface area contributed by atoms with Crippen LogP contribution in [0, 0.1) is 18.8 Å². The van der Waals surface area contributed by atoms with Gasteiger partial charge in [-0.3, -0.25) is 4.68 Å². The van der Waals surface area contributed by atoms with E-state index in [1.54, 1.807) is 4.68 Å². The summed E-state index contributed by atoms with van der Waals surface area (Å²) in [5.74, 6) is 1.39. The number of nitrogens with zero attached hydrogens (tertiary/aromatic N) is 2. The molecule has 1 fully saturated rings. The second-order valence-corrected chi connectivity index (χ2v) is 5.78. The van der Waals surface area contributed by atoms with Crippen molar-refractivity contribution in [1.29, 1.82) is 0 Å². The average molecular weight is 256 g/mol. The topological polar surface area (TPSA) is 43.8 Å². The lowest BCUT2D eigenvalue weighted by atomic mass is 9.87. The van der Waals surface area contributed by atoms with E-state index in [9.17, 15) is 0 Å². The van der Waals surface area contributed by atoms with Crippen molar-refractivity contribution in [1.82, 2.24) is 9.78 Å². The van der Waals surface area contributed by atoms with Gasteiger partial charge in [-0.1, -0.05) is 31.4 Å². The van der Waals surface area contributed by atoms with E-state index in [4.69, 9.17) is 17.3 Å². The quantitative estimate of drug-likeness (QED) is 0.903. The average Bonchev–Trinajstić information content (AvgIpc) is 2.78. The van der Waals surface area contributed by atoms with Crippen molar-refractivity contribution in [3.8, 4) is 0 Å². The van der Waals surface area contributed by atoms with Gasteiger partial charge in [-0.25, -0.2) is 0 Å². The van der Waals surface area contributed by atoms with Crippen molar-refractivity contribution < 1.29 is 0 Å². The molecule has 1 aliphatic rings. The molecule has 1 heterocycles. The Labute approximate surface area is 108 Å². The third-order valence-electron chi connectivity index (χ3n) is 4.19. The van der Waals surface area contributed by atoms with Crippen LogP contribution in [0.4, 0.5) is 0 Å². The Kier molecular flexibility index (Phi) is 3.79. The molecule has 3 nitrogen and oxygen atoms in total. The summed E-state index contributed by atoms with van der Waals surface area (Å²) in [5.41, 5.74) is 8.49. The molecule has 2 N–H and O–H groups in total. The number of aryl methyl sites for hydroxylation is 2. The van der Waals surface area contributed by atoms with Crippen molar-refractivity contribution in [2.45, 2.75) is 45.6 Å². The van der Waals surface area contributed by atoms with E-state index in [0.29, 0.717) is 5.92 Å². The monoisotopic (exact) mass is 255 g/mol. The molecule has 1 aromatic rings. The number of halogens is 1. The highest BCUT2D eigenvalue weighted by atomic mass is 35.5. The first-order valence-corrected chi connectivity index (χ1v) is 6.82. The molecule has 0 aromatic carbocycles. The maximum atomic E-state index is 6.35. The highest BCUT2D eigenvalue weighted by molar-refractivity contribution is 6.30. The summed E-state index contributed by atoms with van der Waals surface area (Å²) < 4.78 is 1.73. The first-order chi connectivity index (χ1) is 8.00. The third kappa shape index (κ3) is 2.50. The number of hydrogen-bond acceptors (Lipinski definition) is 2. The van der Waals surface area contributed by atoms with Gasteiger partial charge in [0.1, 0.15) is 5.15 Å². The Morgan fingerprint density at radius 1 is 1.53 bits per heavy atom. The standard InChI is InChI=1S/C13H22ClN3/c1-8-5-4-6-10(8)12(15)7-11-9(2)16-17(3)13(11)14/h8,10,12H,4-7,15H2,1-3H3. The lowest BCUT2D eigenvalue weighted by Gasteiger charge is -2.23. The van der Waals surface area contributed by atoms with Crippen LogP contribution < -0.4 is 5.73 Å². The molecule has 0 aliphatic heterocycles. The predicted molar refractivity (Wildman–Crippen MR) is 71.1 cm³/mol. The Bertz CT molecular complexity index is 400. The smallest absolute Gasteiger partial charge is 0.130 e. The van der Waals surface area contributed by atoms with Gasteiger partial charge >= 0.3 is 0 Å². The molecular formula is C13H22ClN3. The van der Waals surface area contributed by atoms with Crippen LogP contribution in [0.1, 0.15) is 37.4 Å². The summed E-state index contributed by atoms with van der Waals surface area (Å²) >= 11 is 6.25. The van der Waals surface area contributed by atoms with E-state index in [1.807, 2.05) is 14.0 Å². The second-order valence-electron chi connectivity index (χ2n) is 5.42. The Morgan fingerprint density at radius 3 is 2.71 bits per heavy atom. The summed E-state index contributed by atoms with van der Waals surface area (Å²) in [6.45, 7) is 4.32. The molecule has 0 saturated heterocycles. The number of aromatic nitrogens is 2. The lowest BCUT2D eigenvalue weighted by molar-refractivity contribution is 0.343. The third-order valence-corrected chi connectivity index (χ3v) is 4.66. The Balaban J connectivity index is 2.10. The van der Waals surface area contributed by atoms with Crippen LogP contribution >= 0.6 is 11.6 Å². The molecule has 0 spiro atoms. The van der Waals surface area contributed by atoms with Crippen LogP contribution in [0.3, 0.4) is 0 Å². The molecule has 0 radical (unpaired) electrons. The van der Waals surface area contributed by atoms with E-state index in [1.165, 1.54) is 19.3 Å². The van der Waals surface area contributed by atoms with E-state index in [0.717, 1.165) is 28.7 Å². The zero-order chi connectivity index (χ0) is 12.6. The molecular weight excluding hydrogens is 234 g/mol. The maximum Gasteiger partial charge on any atom is 0.130 e. The first kappa shape index (κ1) is 12.9. The molecule has 96 valence electrons. The number of nitrogens with two attached hydrogens (primary N) is 1. The highest BCUT2D eigenvalue weighted by Gasteiger charge is 2.29. The predicted octanol–water partition coefficient (Wildman–Crippen LogP) is 2.69. The van der Waals surface area contributed by atoms with Crippen LogP contribution in [-0.2, 0) is 13.5 Å².